The van der Waals surface area contributed by atoms with Gasteiger partial charge in [0.15, 0.2) is 11.6 Å². The molecule has 5 heterocycles. The van der Waals surface area contributed by atoms with Crippen molar-refractivity contribution in [2.24, 2.45) is 0 Å². The molecule has 2 fully saturated rings. The Hall–Kier alpha value is -3.38. The molecule has 2 saturated heterocycles. The number of nitrogens with one attached hydrogen (secondary N) is 1. The molecule has 0 saturated carbocycles. The number of nitrogens with zero attached hydrogens (tertiary/aromatic N) is 7. The number of pyridine rings is 1. The molecular weight excluding hydrogens is 612 g/mol. The van der Waals surface area contributed by atoms with E-state index in [9.17, 15) is 9.90 Å². The fourth-order valence-electron chi connectivity index (χ4n) is 4.97. The third kappa shape index (κ3) is 9.16. The van der Waals surface area contributed by atoms with Gasteiger partial charge in [-0.3, -0.25) is 4.79 Å². The van der Waals surface area contributed by atoms with Crippen molar-refractivity contribution in [2.75, 3.05) is 52.8 Å². The van der Waals surface area contributed by atoms with E-state index in [1.165, 1.54) is 0 Å². The number of hydrogen-bond donors (Lipinski definition) is 2. The Kier molecular flexibility index (Phi) is 11.3. The minimum atomic E-state index is -0.656. The summed E-state index contributed by atoms with van der Waals surface area (Å²) in [6, 6.07) is 2.72. The van der Waals surface area contributed by atoms with Crippen molar-refractivity contribution in [2.45, 2.75) is 83.8 Å². The summed E-state index contributed by atoms with van der Waals surface area (Å²) in [7, 11) is 0. The lowest BCUT2D eigenvalue weighted by atomic mass is 10.1. The summed E-state index contributed by atoms with van der Waals surface area (Å²) in [5.41, 5.74) is 2.13. The van der Waals surface area contributed by atoms with Gasteiger partial charge in [-0.15, -0.1) is 10.2 Å². The van der Waals surface area contributed by atoms with Crippen LogP contribution in [0.1, 0.15) is 70.4 Å². The summed E-state index contributed by atoms with van der Waals surface area (Å²) in [4.78, 5) is 17.7. The Morgan fingerprint density at radius 1 is 0.851 bits per heavy atom. The minimum absolute atomic E-state index is 0.0772. The van der Waals surface area contributed by atoms with Crippen molar-refractivity contribution in [1.29, 1.82) is 0 Å². The predicted molar refractivity (Wildman–Crippen MR) is 167 cm³/mol. The van der Waals surface area contributed by atoms with E-state index >= 15 is 0 Å². The fourth-order valence-corrected chi connectivity index (χ4v) is 4.97. The molecule has 0 aliphatic carbocycles. The number of rotatable bonds is 14. The van der Waals surface area contributed by atoms with Gasteiger partial charge >= 0.3 is 0 Å². The van der Waals surface area contributed by atoms with Gasteiger partial charge in [-0.05, 0) is 53.2 Å². The molecule has 3 aromatic heterocycles. The molecule has 3 aromatic rings. The van der Waals surface area contributed by atoms with Crippen LogP contribution in [-0.4, -0.2) is 123 Å². The van der Waals surface area contributed by atoms with Crippen LogP contribution in [0.3, 0.4) is 0 Å². The first-order chi connectivity index (χ1) is 22.5. The molecule has 1 atom stereocenters. The van der Waals surface area contributed by atoms with E-state index in [0.29, 0.717) is 67.7 Å². The first-order valence-electron chi connectivity index (χ1n) is 16.0. The Balaban J connectivity index is 1.39. The molecule has 0 spiro atoms. The molecule has 1 unspecified atom stereocenters. The van der Waals surface area contributed by atoms with Crippen LogP contribution in [0.2, 0.25) is 0 Å². The molecule has 258 valence electrons. The molecule has 16 heteroatoms. The Bertz CT molecular complexity index is 1420. The lowest BCUT2D eigenvalue weighted by Crippen LogP contribution is -2.44. The van der Waals surface area contributed by atoms with Crippen LogP contribution < -0.4 is 5.32 Å². The van der Waals surface area contributed by atoms with Crippen LogP contribution in [-0.2, 0) is 28.4 Å². The highest BCUT2D eigenvalue weighted by molar-refractivity contribution is 5.96. The quantitative estimate of drug-likeness (QED) is 0.258. The largest absolute Gasteiger partial charge is 0.394 e. The van der Waals surface area contributed by atoms with Crippen molar-refractivity contribution in [3.05, 3.63) is 30.1 Å². The molecule has 2 aliphatic heterocycles. The predicted octanol–water partition coefficient (Wildman–Crippen LogP) is 2.17. The van der Waals surface area contributed by atoms with Gasteiger partial charge in [0.25, 0.3) is 5.91 Å². The van der Waals surface area contributed by atoms with Crippen LogP contribution in [0.15, 0.2) is 24.5 Å². The molecule has 0 radical (unpaired) electrons. The van der Waals surface area contributed by atoms with E-state index in [4.69, 9.17) is 33.4 Å². The molecule has 47 heavy (non-hydrogen) atoms. The number of hydrogen-bond acceptors (Lipinski definition) is 13. The Morgan fingerprint density at radius 2 is 1.32 bits per heavy atom. The maximum atomic E-state index is 13.0. The third-order valence-corrected chi connectivity index (χ3v) is 7.92. The summed E-state index contributed by atoms with van der Waals surface area (Å²) in [5.74, 6) is -1.58. The number of carbonyl (C=O) groups excluding carboxylic acids is 1. The lowest BCUT2D eigenvalue weighted by Gasteiger charge is -2.36. The van der Waals surface area contributed by atoms with Crippen LogP contribution in [0.5, 0.6) is 0 Å². The molecule has 16 nitrogen and oxygen atoms in total. The molecule has 1 amide bonds. The second-order valence-electron chi connectivity index (χ2n) is 12.5. The number of ether oxygens (including phenoxy) is 6. The number of carbonyl (C=O) groups is 1. The standard InChI is InChI=1S/C31H46N8O8/c1-7-21(13-40)38-11-27(34-36-38)25-9-20(29(41)32-8-2)10-26(33-25)28-12-39(37-35-28)22(14-42-23-16-44-30(3,4)45-17-23)15-43-24-18-46-31(5,6)47-19-24/h9-12,21-24,40H,7-8,13-19H2,1-6H3,(H,32,41). The number of amides is 1. The second-order valence-corrected chi connectivity index (χ2v) is 12.5. The molecule has 2 N–H and O–H groups in total. The van der Waals surface area contributed by atoms with Gasteiger partial charge in [-0.1, -0.05) is 17.4 Å². The van der Waals surface area contributed by atoms with Gasteiger partial charge in [0.2, 0.25) is 0 Å². The zero-order valence-corrected chi connectivity index (χ0v) is 27.9. The summed E-state index contributed by atoms with van der Waals surface area (Å²) >= 11 is 0. The first kappa shape index (κ1) is 34.9. The van der Waals surface area contributed by atoms with Crippen molar-refractivity contribution in [3.8, 4) is 22.8 Å². The summed E-state index contributed by atoms with van der Waals surface area (Å²) < 4.78 is 38.7. The summed E-state index contributed by atoms with van der Waals surface area (Å²) in [5, 5.41) is 29.8. The van der Waals surface area contributed by atoms with E-state index < -0.39 is 11.6 Å². The zero-order valence-electron chi connectivity index (χ0n) is 27.9. The van der Waals surface area contributed by atoms with E-state index in [2.05, 4.69) is 25.9 Å². The zero-order chi connectivity index (χ0) is 33.6. The average Bonchev–Trinajstić information content (AvgIpc) is 3.74. The number of aliphatic hydroxyl groups excluding tert-OH is 1. The van der Waals surface area contributed by atoms with Gasteiger partial charge < -0.3 is 38.8 Å². The molecule has 0 aromatic carbocycles. The van der Waals surface area contributed by atoms with Crippen LogP contribution in [0, 0.1) is 0 Å². The van der Waals surface area contributed by atoms with Crippen LogP contribution in [0.25, 0.3) is 22.8 Å². The highest BCUT2D eigenvalue weighted by atomic mass is 16.7. The normalized spacial score (nSPS) is 19.2. The van der Waals surface area contributed by atoms with Crippen molar-refractivity contribution < 1.29 is 38.3 Å². The van der Waals surface area contributed by atoms with Crippen LogP contribution >= 0.6 is 0 Å². The monoisotopic (exact) mass is 658 g/mol. The third-order valence-electron chi connectivity index (χ3n) is 7.92. The maximum absolute atomic E-state index is 13.0. The molecule has 0 bridgehead atoms. The number of aromatic nitrogens is 7. The first-order valence-corrected chi connectivity index (χ1v) is 16.0. The fraction of sp³-hybridized carbons (Fsp3) is 0.677. The van der Waals surface area contributed by atoms with Crippen LogP contribution in [0.4, 0.5) is 0 Å². The van der Waals surface area contributed by atoms with Gasteiger partial charge in [-0.2, -0.15) is 0 Å². The summed E-state index contributed by atoms with van der Waals surface area (Å²) in [6.45, 7) is 13.7. The van der Waals surface area contributed by atoms with Gasteiger partial charge in [-0.25, -0.2) is 14.3 Å². The molecule has 2 aliphatic rings. The van der Waals surface area contributed by atoms with Gasteiger partial charge in [0.1, 0.15) is 29.6 Å². The molecular formula is C31H46N8O8. The van der Waals surface area contributed by atoms with Gasteiger partial charge in [0, 0.05) is 12.1 Å². The van der Waals surface area contributed by atoms with Crippen molar-refractivity contribution >= 4 is 5.91 Å². The molecule has 5 rings (SSSR count). The SMILES string of the molecule is CCNC(=O)c1cc(-c2cn(C(CC)CO)nn2)nc(-c2cn(C(COC3COC(C)(C)OC3)COC3COC(C)(C)OC3)nn2)c1. The van der Waals surface area contributed by atoms with E-state index in [0.717, 1.165) is 0 Å². The van der Waals surface area contributed by atoms with E-state index in [-0.39, 0.29) is 50.0 Å². The Labute approximate surface area is 274 Å². The average molecular weight is 659 g/mol. The van der Waals surface area contributed by atoms with Gasteiger partial charge in [0.05, 0.1) is 76.1 Å². The van der Waals surface area contributed by atoms with E-state index in [1.54, 1.807) is 33.9 Å². The second kappa shape index (κ2) is 15.2. The van der Waals surface area contributed by atoms with Crippen molar-refractivity contribution in [3.63, 3.8) is 0 Å². The summed E-state index contributed by atoms with van der Waals surface area (Å²) in [6.07, 6.45) is 3.60. The Morgan fingerprint density at radius 3 is 1.74 bits per heavy atom. The lowest BCUT2D eigenvalue weighted by molar-refractivity contribution is -0.284. The highest BCUT2D eigenvalue weighted by Crippen LogP contribution is 2.26. The topological polar surface area (TPSA) is 179 Å². The van der Waals surface area contributed by atoms with Crippen molar-refractivity contribution in [1.82, 2.24) is 40.3 Å². The van der Waals surface area contributed by atoms with E-state index in [1.807, 2.05) is 41.5 Å². The smallest absolute Gasteiger partial charge is 0.251 e. The number of aliphatic hydroxyl groups is 1. The maximum Gasteiger partial charge on any atom is 0.251 e. The highest BCUT2D eigenvalue weighted by Gasteiger charge is 2.32. The minimum Gasteiger partial charge on any atom is -0.394 e.